The third kappa shape index (κ3) is 4.77. The molecule has 0 fully saturated rings. The number of aromatic nitrogens is 3. The van der Waals surface area contributed by atoms with Crippen molar-refractivity contribution in [1.82, 2.24) is 25.3 Å². The molecule has 0 saturated carbocycles. The van der Waals surface area contributed by atoms with Crippen molar-refractivity contribution in [2.75, 3.05) is 12.3 Å². The van der Waals surface area contributed by atoms with Crippen LogP contribution in [0.25, 0.3) is 11.0 Å². The number of anilines is 1. The highest BCUT2D eigenvalue weighted by molar-refractivity contribution is 5.94. The average molecular weight is 409 g/mol. The van der Waals surface area contributed by atoms with E-state index >= 15 is 0 Å². The van der Waals surface area contributed by atoms with Crippen molar-refractivity contribution in [3.63, 3.8) is 0 Å². The molecule has 3 rings (SSSR count). The summed E-state index contributed by atoms with van der Waals surface area (Å²) in [6.07, 6.45) is 3.17. The fraction of sp³-hybridized carbons (Fsp3) is 0.318. The number of carbonyl (C=O) groups is 1. The van der Waals surface area contributed by atoms with Gasteiger partial charge in [-0.05, 0) is 44.4 Å². The summed E-state index contributed by atoms with van der Waals surface area (Å²) in [6, 6.07) is 9.22. The second kappa shape index (κ2) is 9.89. The lowest BCUT2D eigenvalue weighted by molar-refractivity contribution is 0.0517. The maximum Gasteiger partial charge on any atom is 0.251 e. The topological polar surface area (TPSA) is 107 Å². The molecule has 4 N–H and O–H groups in total. The number of nitrogens with two attached hydrogens (primary N) is 1. The minimum absolute atomic E-state index is 0.0569. The Kier molecular flexibility index (Phi) is 7.03. The SMILES string of the molecule is C=CNOCc1nc2c(N)nc(C)c(C)c2n1CCCCNC(=O)c1ccccc1. The number of unbranched alkanes of at least 4 members (excludes halogenated alkanes) is 1. The first-order chi connectivity index (χ1) is 14.5. The molecule has 158 valence electrons. The number of hydrogen-bond acceptors (Lipinski definition) is 6. The molecule has 30 heavy (non-hydrogen) atoms. The number of hydroxylamine groups is 1. The Morgan fingerprint density at radius 1 is 1.23 bits per heavy atom. The number of carbonyl (C=O) groups excluding carboxylic acids is 1. The molecule has 0 saturated heterocycles. The molecule has 8 nitrogen and oxygen atoms in total. The van der Waals surface area contributed by atoms with Gasteiger partial charge in [-0.25, -0.2) is 9.97 Å². The van der Waals surface area contributed by atoms with Gasteiger partial charge in [0.05, 0.1) is 5.52 Å². The smallest absolute Gasteiger partial charge is 0.251 e. The van der Waals surface area contributed by atoms with Crippen LogP contribution in [0.3, 0.4) is 0 Å². The fourth-order valence-corrected chi connectivity index (χ4v) is 3.35. The molecule has 2 aromatic heterocycles. The van der Waals surface area contributed by atoms with Crippen molar-refractivity contribution in [3.05, 3.63) is 65.8 Å². The predicted octanol–water partition coefficient (Wildman–Crippen LogP) is 3.01. The molecule has 0 radical (unpaired) electrons. The lowest BCUT2D eigenvalue weighted by Crippen LogP contribution is -2.24. The standard InChI is InChI=1S/C22H28N6O2/c1-4-25-30-14-18-27-19-20(15(2)16(3)26-21(19)23)28(18)13-9-8-12-24-22(29)17-10-6-5-7-11-17/h4-7,10-11,25H,1,8-9,12-14H2,2-3H3,(H2,23,26)(H,24,29). The molecular weight excluding hydrogens is 380 g/mol. The number of pyridine rings is 1. The number of hydrogen-bond donors (Lipinski definition) is 3. The summed E-state index contributed by atoms with van der Waals surface area (Å²) in [6.45, 7) is 9.14. The molecule has 0 unspecified atom stereocenters. The molecule has 8 heteroatoms. The molecule has 1 amide bonds. The maximum absolute atomic E-state index is 12.2. The Balaban J connectivity index is 1.68. The summed E-state index contributed by atoms with van der Waals surface area (Å²) in [5.74, 6) is 1.12. The van der Waals surface area contributed by atoms with Crippen LogP contribution in [0.15, 0.2) is 43.1 Å². The molecule has 1 aromatic carbocycles. The second-order valence-corrected chi connectivity index (χ2v) is 7.02. The van der Waals surface area contributed by atoms with E-state index in [9.17, 15) is 4.79 Å². The van der Waals surface area contributed by atoms with Crippen molar-refractivity contribution in [2.24, 2.45) is 0 Å². The zero-order chi connectivity index (χ0) is 21.5. The van der Waals surface area contributed by atoms with Gasteiger partial charge in [0.15, 0.2) is 5.82 Å². The van der Waals surface area contributed by atoms with Crippen LogP contribution in [0.5, 0.6) is 0 Å². The van der Waals surface area contributed by atoms with E-state index < -0.39 is 0 Å². The number of benzene rings is 1. The summed E-state index contributed by atoms with van der Waals surface area (Å²) in [5.41, 5.74) is 13.0. The molecule has 2 heterocycles. The highest BCUT2D eigenvalue weighted by Crippen LogP contribution is 2.26. The lowest BCUT2D eigenvalue weighted by Gasteiger charge is -2.12. The first kappa shape index (κ1) is 21.3. The molecule has 0 spiro atoms. The van der Waals surface area contributed by atoms with Crippen LogP contribution in [0, 0.1) is 13.8 Å². The number of nitrogens with one attached hydrogen (secondary N) is 2. The van der Waals surface area contributed by atoms with Gasteiger partial charge in [0.1, 0.15) is 17.9 Å². The Morgan fingerprint density at radius 2 is 2.00 bits per heavy atom. The molecule has 0 aliphatic heterocycles. The fourth-order valence-electron chi connectivity index (χ4n) is 3.35. The van der Waals surface area contributed by atoms with Gasteiger partial charge in [-0.15, -0.1) is 0 Å². The number of fused-ring (bicyclic) bond motifs is 1. The van der Waals surface area contributed by atoms with Crippen LogP contribution < -0.4 is 16.5 Å². The van der Waals surface area contributed by atoms with Crippen molar-refractivity contribution in [3.8, 4) is 0 Å². The van der Waals surface area contributed by atoms with Crippen LogP contribution in [-0.4, -0.2) is 27.0 Å². The van der Waals surface area contributed by atoms with Crippen LogP contribution in [-0.2, 0) is 18.0 Å². The van der Waals surface area contributed by atoms with Gasteiger partial charge in [0.25, 0.3) is 5.91 Å². The molecule has 0 atom stereocenters. The molecule has 0 aliphatic rings. The maximum atomic E-state index is 12.2. The second-order valence-electron chi connectivity index (χ2n) is 7.02. The lowest BCUT2D eigenvalue weighted by atomic mass is 10.2. The van der Waals surface area contributed by atoms with Crippen molar-refractivity contribution < 1.29 is 9.63 Å². The van der Waals surface area contributed by atoms with Crippen LogP contribution in [0.1, 0.15) is 40.3 Å². The highest BCUT2D eigenvalue weighted by atomic mass is 16.6. The summed E-state index contributed by atoms with van der Waals surface area (Å²) in [4.78, 5) is 26.6. The minimum Gasteiger partial charge on any atom is -0.382 e. The zero-order valence-electron chi connectivity index (χ0n) is 17.4. The Hall–Kier alpha value is -3.39. The van der Waals surface area contributed by atoms with E-state index in [0.29, 0.717) is 23.4 Å². The average Bonchev–Trinajstić information content (AvgIpc) is 3.11. The quantitative estimate of drug-likeness (QED) is 0.352. The number of amides is 1. The van der Waals surface area contributed by atoms with Crippen molar-refractivity contribution in [2.45, 2.75) is 39.8 Å². The van der Waals surface area contributed by atoms with Gasteiger partial charge in [0.2, 0.25) is 0 Å². The van der Waals surface area contributed by atoms with Gasteiger partial charge >= 0.3 is 0 Å². The van der Waals surface area contributed by atoms with Crippen molar-refractivity contribution in [1.29, 1.82) is 0 Å². The van der Waals surface area contributed by atoms with E-state index in [2.05, 4.69) is 31.9 Å². The first-order valence-electron chi connectivity index (χ1n) is 9.96. The van der Waals surface area contributed by atoms with Gasteiger partial charge in [-0.1, -0.05) is 24.8 Å². The molecule has 0 bridgehead atoms. The van der Waals surface area contributed by atoms with Crippen LogP contribution in [0.2, 0.25) is 0 Å². The Labute approximate surface area is 176 Å². The minimum atomic E-state index is -0.0569. The molecule has 0 aliphatic carbocycles. The van der Waals surface area contributed by atoms with Gasteiger partial charge < -0.3 is 15.6 Å². The number of nitrogen functional groups attached to an aromatic ring is 1. The van der Waals surface area contributed by atoms with Crippen LogP contribution >= 0.6 is 0 Å². The highest BCUT2D eigenvalue weighted by Gasteiger charge is 2.17. The van der Waals surface area contributed by atoms with Gasteiger partial charge in [-0.2, -0.15) is 0 Å². The molecular formula is C22H28N6O2. The van der Waals surface area contributed by atoms with E-state index in [4.69, 9.17) is 10.6 Å². The Morgan fingerprint density at radius 3 is 2.73 bits per heavy atom. The third-order valence-corrected chi connectivity index (χ3v) is 4.97. The van der Waals surface area contributed by atoms with Gasteiger partial charge in [0, 0.05) is 30.5 Å². The normalized spacial score (nSPS) is 10.9. The summed E-state index contributed by atoms with van der Waals surface area (Å²) >= 11 is 0. The van der Waals surface area contributed by atoms with E-state index in [1.54, 1.807) is 12.1 Å². The number of imidazole rings is 1. The van der Waals surface area contributed by atoms with Gasteiger partial charge in [-0.3, -0.25) is 15.1 Å². The summed E-state index contributed by atoms with van der Waals surface area (Å²) in [5, 5.41) is 2.96. The first-order valence-corrected chi connectivity index (χ1v) is 9.96. The zero-order valence-corrected chi connectivity index (χ0v) is 17.4. The van der Waals surface area contributed by atoms with E-state index in [1.807, 2.05) is 32.0 Å². The summed E-state index contributed by atoms with van der Waals surface area (Å²) < 4.78 is 2.12. The monoisotopic (exact) mass is 408 g/mol. The summed E-state index contributed by atoms with van der Waals surface area (Å²) in [7, 11) is 0. The number of nitrogens with zero attached hydrogens (tertiary/aromatic N) is 3. The largest absolute Gasteiger partial charge is 0.382 e. The third-order valence-electron chi connectivity index (χ3n) is 4.97. The molecule has 3 aromatic rings. The number of aryl methyl sites for hydroxylation is 3. The predicted molar refractivity (Wildman–Crippen MR) is 118 cm³/mol. The van der Waals surface area contributed by atoms with E-state index in [-0.39, 0.29) is 12.5 Å². The number of rotatable bonds is 10. The van der Waals surface area contributed by atoms with E-state index in [0.717, 1.165) is 42.0 Å². The Bertz CT molecular complexity index is 1030. The van der Waals surface area contributed by atoms with Crippen LogP contribution in [0.4, 0.5) is 5.82 Å². The van der Waals surface area contributed by atoms with Crippen molar-refractivity contribution >= 4 is 22.8 Å². The van der Waals surface area contributed by atoms with E-state index in [1.165, 1.54) is 6.20 Å².